The zero-order chi connectivity index (χ0) is 15.5. The van der Waals surface area contributed by atoms with E-state index >= 15 is 0 Å². The summed E-state index contributed by atoms with van der Waals surface area (Å²) in [6.45, 7) is -0.825. The van der Waals surface area contributed by atoms with Gasteiger partial charge in [-0.3, -0.25) is 10.1 Å². The molecule has 0 saturated heterocycles. The van der Waals surface area contributed by atoms with Gasteiger partial charge in [-0.2, -0.15) is 4.39 Å². The first-order valence-electron chi connectivity index (χ1n) is 4.86. The number of nitrogens with two attached hydrogens (primary N) is 2. The van der Waals surface area contributed by atoms with E-state index in [1.165, 1.54) is 0 Å². The molecule has 110 valence electrons. The van der Waals surface area contributed by atoms with Gasteiger partial charge < -0.3 is 10.5 Å². The Balaban J connectivity index is 2.92. The molecule has 5 N–H and O–H groups in total. The Hall–Kier alpha value is -2.27. The highest BCUT2D eigenvalue weighted by atomic mass is 32.2. The number of imide groups is 1. The molecular formula is C9H9F2N3O5S. The van der Waals surface area contributed by atoms with Crippen LogP contribution in [0.2, 0.25) is 0 Å². The van der Waals surface area contributed by atoms with Crippen LogP contribution in [0.3, 0.4) is 0 Å². The molecule has 0 aromatic heterocycles. The van der Waals surface area contributed by atoms with Crippen molar-refractivity contribution < 1.29 is 31.5 Å². The molecule has 0 aliphatic heterocycles. The van der Waals surface area contributed by atoms with Crippen LogP contribution in [0.5, 0.6) is 5.75 Å². The Morgan fingerprint density at radius 2 is 1.85 bits per heavy atom. The molecule has 0 saturated carbocycles. The standard InChI is InChI=1S/C9H9F2N3O5S/c10-7-4(19-3-6(15)14-9(12)16)1-2-5(8(7)11)20(13,17)18/h1-2H,3H2,(H2,13,17,18)(H3,12,14,15,16). The lowest BCUT2D eigenvalue weighted by atomic mass is 10.3. The van der Waals surface area contributed by atoms with Gasteiger partial charge in [-0.25, -0.2) is 22.7 Å². The monoisotopic (exact) mass is 309 g/mol. The molecule has 0 heterocycles. The van der Waals surface area contributed by atoms with Crippen LogP contribution in [-0.4, -0.2) is 27.0 Å². The summed E-state index contributed by atoms with van der Waals surface area (Å²) in [4.78, 5) is 20.2. The summed E-state index contributed by atoms with van der Waals surface area (Å²) in [6.07, 6.45) is 0. The summed E-state index contributed by atoms with van der Waals surface area (Å²) in [5, 5.41) is 6.29. The van der Waals surface area contributed by atoms with E-state index in [-0.39, 0.29) is 0 Å². The number of sulfonamides is 1. The lowest BCUT2D eigenvalue weighted by Crippen LogP contribution is -2.38. The van der Waals surface area contributed by atoms with Gasteiger partial charge in [-0.05, 0) is 12.1 Å². The molecule has 1 aromatic carbocycles. The second-order valence-electron chi connectivity index (χ2n) is 3.44. The normalized spacial score (nSPS) is 10.9. The Morgan fingerprint density at radius 1 is 1.25 bits per heavy atom. The van der Waals surface area contributed by atoms with Gasteiger partial charge in [-0.15, -0.1) is 0 Å². The van der Waals surface area contributed by atoms with E-state index < -0.39 is 50.8 Å². The quantitative estimate of drug-likeness (QED) is 0.666. The molecule has 11 heteroatoms. The van der Waals surface area contributed by atoms with Crippen LogP contribution in [0.4, 0.5) is 13.6 Å². The number of primary amides is 1. The van der Waals surface area contributed by atoms with E-state index in [0.29, 0.717) is 6.07 Å². The van der Waals surface area contributed by atoms with Crippen LogP contribution >= 0.6 is 0 Å². The molecule has 0 radical (unpaired) electrons. The average Bonchev–Trinajstić information content (AvgIpc) is 2.28. The Bertz CT molecular complexity index is 662. The number of amides is 3. The first-order valence-corrected chi connectivity index (χ1v) is 6.40. The van der Waals surface area contributed by atoms with E-state index in [1.54, 1.807) is 5.32 Å². The van der Waals surface area contributed by atoms with Crippen molar-refractivity contribution in [1.82, 2.24) is 5.32 Å². The van der Waals surface area contributed by atoms with Crippen LogP contribution in [0.15, 0.2) is 17.0 Å². The Labute approximate surface area is 111 Å². The largest absolute Gasteiger partial charge is 0.481 e. The molecule has 1 aromatic rings. The van der Waals surface area contributed by atoms with Crippen molar-refractivity contribution in [2.75, 3.05) is 6.61 Å². The van der Waals surface area contributed by atoms with E-state index in [1.807, 2.05) is 0 Å². The van der Waals surface area contributed by atoms with E-state index in [4.69, 9.17) is 0 Å². The van der Waals surface area contributed by atoms with Crippen LogP contribution in [0, 0.1) is 11.6 Å². The summed E-state index contributed by atoms with van der Waals surface area (Å²) < 4.78 is 53.3. The van der Waals surface area contributed by atoms with Crippen molar-refractivity contribution >= 4 is 22.0 Å². The number of halogens is 2. The fraction of sp³-hybridized carbons (Fsp3) is 0.111. The van der Waals surface area contributed by atoms with Gasteiger partial charge >= 0.3 is 6.03 Å². The maximum Gasteiger partial charge on any atom is 0.318 e. The van der Waals surface area contributed by atoms with Gasteiger partial charge in [-0.1, -0.05) is 0 Å². The zero-order valence-electron chi connectivity index (χ0n) is 9.72. The van der Waals surface area contributed by atoms with Crippen LogP contribution in [-0.2, 0) is 14.8 Å². The van der Waals surface area contributed by atoms with Crippen molar-refractivity contribution in [3.63, 3.8) is 0 Å². The van der Waals surface area contributed by atoms with E-state index in [2.05, 4.69) is 15.6 Å². The number of hydrogen-bond donors (Lipinski definition) is 3. The molecule has 0 bridgehead atoms. The van der Waals surface area contributed by atoms with Crippen molar-refractivity contribution in [2.45, 2.75) is 4.90 Å². The molecule has 3 amide bonds. The molecule has 0 spiro atoms. The predicted octanol–water partition coefficient (Wildman–Crippen LogP) is -0.814. The first kappa shape index (κ1) is 15.8. The number of primary sulfonamides is 1. The molecular weight excluding hydrogens is 300 g/mol. The number of hydrogen-bond acceptors (Lipinski definition) is 5. The SMILES string of the molecule is NC(=O)NC(=O)COc1ccc(S(N)(=O)=O)c(F)c1F. The number of ether oxygens (including phenoxy) is 1. The molecule has 8 nitrogen and oxygen atoms in total. The van der Waals surface area contributed by atoms with Gasteiger partial charge in [0.25, 0.3) is 5.91 Å². The molecule has 20 heavy (non-hydrogen) atoms. The number of rotatable bonds is 4. The summed E-state index contributed by atoms with van der Waals surface area (Å²) in [6, 6.07) is 0.305. The number of carbonyl (C=O) groups excluding carboxylic acids is 2. The smallest absolute Gasteiger partial charge is 0.318 e. The van der Waals surface area contributed by atoms with Gasteiger partial charge in [0.2, 0.25) is 15.8 Å². The lowest BCUT2D eigenvalue weighted by molar-refractivity contribution is -0.122. The maximum absolute atomic E-state index is 13.5. The molecule has 1 rings (SSSR count). The predicted molar refractivity (Wildman–Crippen MR) is 61.0 cm³/mol. The first-order chi connectivity index (χ1) is 9.12. The summed E-state index contributed by atoms with van der Waals surface area (Å²) in [5.41, 5.74) is 4.64. The van der Waals surface area contributed by atoms with Gasteiger partial charge in [0.05, 0.1) is 0 Å². The van der Waals surface area contributed by atoms with Crippen molar-refractivity contribution in [3.8, 4) is 5.75 Å². The van der Waals surface area contributed by atoms with Crippen molar-refractivity contribution in [3.05, 3.63) is 23.8 Å². The third-order valence-corrected chi connectivity index (χ3v) is 2.87. The molecule has 0 atom stereocenters. The van der Waals surface area contributed by atoms with Gasteiger partial charge in [0.15, 0.2) is 18.2 Å². The van der Waals surface area contributed by atoms with Crippen molar-refractivity contribution in [1.29, 1.82) is 0 Å². The van der Waals surface area contributed by atoms with E-state index in [0.717, 1.165) is 6.07 Å². The van der Waals surface area contributed by atoms with Gasteiger partial charge in [0.1, 0.15) is 4.90 Å². The van der Waals surface area contributed by atoms with Gasteiger partial charge in [0, 0.05) is 0 Å². The number of nitrogens with one attached hydrogen (secondary N) is 1. The van der Waals surface area contributed by atoms with Crippen LogP contribution in [0.1, 0.15) is 0 Å². The number of carbonyl (C=O) groups is 2. The third-order valence-electron chi connectivity index (χ3n) is 1.94. The number of urea groups is 1. The fourth-order valence-corrected chi connectivity index (χ4v) is 1.76. The topological polar surface area (TPSA) is 142 Å². The third kappa shape index (κ3) is 3.86. The highest BCUT2D eigenvalue weighted by molar-refractivity contribution is 7.89. The molecule has 0 fully saturated rings. The second kappa shape index (κ2) is 5.79. The Morgan fingerprint density at radius 3 is 2.35 bits per heavy atom. The molecule has 0 aliphatic carbocycles. The summed E-state index contributed by atoms with van der Waals surface area (Å²) >= 11 is 0. The fourth-order valence-electron chi connectivity index (χ4n) is 1.16. The Kier molecular flexibility index (Phi) is 4.57. The highest BCUT2D eigenvalue weighted by Crippen LogP contribution is 2.24. The molecule has 0 unspecified atom stereocenters. The second-order valence-corrected chi connectivity index (χ2v) is 4.97. The minimum atomic E-state index is -4.43. The lowest BCUT2D eigenvalue weighted by Gasteiger charge is -2.08. The maximum atomic E-state index is 13.5. The van der Waals surface area contributed by atoms with Crippen LogP contribution in [0.25, 0.3) is 0 Å². The highest BCUT2D eigenvalue weighted by Gasteiger charge is 2.21. The summed E-state index contributed by atoms with van der Waals surface area (Å²) in [5.74, 6) is -5.09. The number of benzene rings is 1. The minimum absolute atomic E-state index is 0.676. The summed E-state index contributed by atoms with van der Waals surface area (Å²) in [7, 11) is -4.43. The van der Waals surface area contributed by atoms with Crippen molar-refractivity contribution in [2.24, 2.45) is 10.9 Å². The minimum Gasteiger partial charge on any atom is -0.481 e. The zero-order valence-corrected chi connectivity index (χ0v) is 10.5. The average molecular weight is 309 g/mol. The van der Waals surface area contributed by atoms with E-state index in [9.17, 15) is 26.8 Å². The molecule has 0 aliphatic rings. The van der Waals surface area contributed by atoms with Crippen LogP contribution < -0.4 is 20.9 Å².